The summed E-state index contributed by atoms with van der Waals surface area (Å²) in [6.07, 6.45) is 68.2. The van der Waals surface area contributed by atoms with Crippen molar-refractivity contribution in [1.82, 2.24) is 0 Å². The van der Waals surface area contributed by atoms with E-state index >= 15 is 0 Å². The van der Waals surface area contributed by atoms with Crippen molar-refractivity contribution >= 4 is 19.8 Å². The molecular formula is C61H118NO8P. The van der Waals surface area contributed by atoms with Gasteiger partial charge in [-0.05, 0) is 64.2 Å². The average Bonchev–Trinajstić information content (AvgIpc) is 3.36. The molecule has 0 rings (SSSR count). The van der Waals surface area contributed by atoms with Crippen LogP contribution >= 0.6 is 7.82 Å². The molecule has 0 radical (unpaired) electrons. The number of rotatable bonds is 59. The largest absolute Gasteiger partial charge is 0.472 e. The van der Waals surface area contributed by atoms with Gasteiger partial charge in [-0.3, -0.25) is 18.6 Å². The summed E-state index contributed by atoms with van der Waals surface area (Å²) in [5.41, 5.74) is 5.39. The van der Waals surface area contributed by atoms with E-state index in [0.29, 0.717) is 6.42 Å². The molecule has 0 aromatic rings. The number of ether oxygens (including phenoxy) is 2. The zero-order valence-corrected chi connectivity index (χ0v) is 47.9. The first-order valence-corrected chi connectivity index (χ1v) is 32.3. The normalized spacial score (nSPS) is 13.1. The average molecular weight is 1020 g/mol. The highest BCUT2D eigenvalue weighted by atomic mass is 31.2. The molecule has 71 heavy (non-hydrogen) atoms. The summed E-state index contributed by atoms with van der Waals surface area (Å²) in [4.78, 5) is 35.2. The number of carbonyl (C=O) groups excluding carboxylic acids is 2. The Kier molecular flexibility index (Phi) is 56.5. The lowest BCUT2D eigenvalue weighted by molar-refractivity contribution is -0.161. The molecule has 2 unspecified atom stereocenters. The Labute approximate surface area is 440 Å². The number of hydrogen-bond acceptors (Lipinski definition) is 8. The van der Waals surface area contributed by atoms with E-state index < -0.39 is 26.5 Å². The van der Waals surface area contributed by atoms with E-state index in [9.17, 15) is 19.0 Å². The minimum Gasteiger partial charge on any atom is -0.462 e. The van der Waals surface area contributed by atoms with Crippen LogP contribution in [0.15, 0.2) is 24.3 Å². The van der Waals surface area contributed by atoms with Gasteiger partial charge in [0.05, 0.1) is 13.2 Å². The van der Waals surface area contributed by atoms with Crippen LogP contribution in [0, 0.1) is 0 Å². The quantitative estimate of drug-likeness (QED) is 0.0264. The van der Waals surface area contributed by atoms with Gasteiger partial charge >= 0.3 is 19.8 Å². The highest BCUT2D eigenvalue weighted by molar-refractivity contribution is 7.47. The van der Waals surface area contributed by atoms with Crippen molar-refractivity contribution in [3.8, 4) is 0 Å². The Hall–Kier alpha value is -1.51. The van der Waals surface area contributed by atoms with Gasteiger partial charge in [-0.15, -0.1) is 0 Å². The maximum atomic E-state index is 12.7. The maximum absolute atomic E-state index is 12.7. The third-order valence-electron chi connectivity index (χ3n) is 13.8. The molecule has 0 saturated heterocycles. The van der Waals surface area contributed by atoms with Gasteiger partial charge in [0.25, 0.3) is 0 Å². The predicted molar refractivity (Wildman–Crippen MR) is 303 cm³/mol. The lowest BCUT2D eigenvalue weighted by atomic mass is 10.0. The Bertz CT molecular complexity index is 1210. The summed E-state index contributed by atoms with van der Waals surface area (Å²) in [5.74, 6) is -0.812. The lowest BCUT2D eigenvalue weighted by Crippen LogP contribution is -2.29. The van der Waals surface area contributed by atoms with Gasteiger partial charge in [0.2, 0.25) is 0 Å². The Morgan fingerprint density at radius 2 is 0.690 bits per heavy atom. The molecule has 0 saturated carbocycles. The molecule has 0 fully saturated rings. The summed E-state index contributed by atoms with van der Waals surface area (Å²) in [6, 6.07) is 0. The molecule has 0 aliphatic rings. The summed E-state index contributed by atoms with van der Waals surface area (Å²) < 4.78 is 33.1. The summed E-state index contributed by atoms with van der Waals surface area (Å²) in [7, 11) is -4.38. The zero-order valence-electron chi connectivity index (χ0n) is 47.0. The smallest absolute Gasteiger partial charge is 0.462 e. The maximum Gasteiger partial charge on any atom is 0.472 e. The molecule has 0 aliphatic heterocycles. The van der Waals surface area contributed by atoms with E-state index in [2.05, 4.69) is 38.2 Å². The molecule has 0 amide bonds. The van der Waals surface area contributed by atoms with Crippen molar-refractivity contribution in [2.24, 2.45) is 5.73 Å². The molecule has 3 N–H and O–H groups in total. The molecular weight excluding hydrogens is 906 g/mol. The number of unbranched alkanes of at least 4 members (excludes halogenated alkanes) is 42. The third-order valence-corrected chi connectivity index (χ3v) is 14.8. The van der Waals surface area contributed by atoms with Crippen LogP contribution in [-0.4, -0.2) is 49.3 Å². The van der Waals surface area contributed by atoms with Gasteiger partial charge in [-0.25, -0.2) is 4.57 Å². The summed E-state index contributed by atoms with van der Waals surface area (Å²) >= 11 is 0. The highest BCUT2D eigenvalue weighted by Crippen LogP contribution is 2.43. The molecule has 0 heterocycles. The van der Waals surface area contributed by atoms with Crippen LogP contribution in [0.1, 0.15) is 322 Å². The summed E-state index contributed by atoms with van der Waals surface area (Å²) in [5, 5.41) is 0. The van der Waals surface area contributed by atoms with Crippen molar-refractivity contribution in [3.63, 3.8) is 0 Å². The highest BCUT2D eigenvalue weighted by Gasteiger charge is 2.26. The molecule has 0 aromatic carbocycles. The van der Waals surface area contributed by atoms with Crippen LogP contribution in [0.5, 0.6) is 0 Å². The van der Waals surface area contributed by atoms with Crippen LogP contribution in [0.4, 0.5) is 0 Å². The standard InChI is InChI=1S/C61H118NO8P/c1-3-5-7-9-11-13-15-17-19-21-23-24-25-26-27-28-29-30-31-32-33-34-36-38-40-42-44-46-48-50-52-54-61(64)70-59(58-69-71(65,66)68-56-55-62)57-67-60(63)53-51-49-47-45-43-41-39-37-35-22-20-18-16-14-12-10-8-6-4-2/h18,20-21,23,59H,3-17,19,22,24-58,62H2,1-2H3,(H,65,66)/b20-18-,23-21-. The van der Waals surface area contributed by atoms with Gasteiger partial charge in [-0.1, -0.05) is 269 Å². The second-order valence-corrected chi connectivity index (χ2v) is 22.4. The van der Waals surface area contributed by atoms with Crippen molar-refractivity contribution in [1.29, 1.82) is 0 Å². The molecule has 2 atom stereocenters. The number of phosphoric acid groups is 1. The van der Waals surface area contributed by atoms with Gasteiger partial charge in [0, 0.05) is 19.4 Å². The summed E-state index contributed by atoms with van der Waals surface area (Å²) in [6.45, 7) is 3.79. The van der Waals surface area contributed by atoms with E-state index in [1.165, 1.54) is 257 Å². The first-order chi connectivity index (χ1) is 34.8. The Morgan fingerprint density at radius 3 is 1.00 bits per heavy atom. The lowest BCUT2D eigenvalue weighted by Gasteiger charge is -2.19. The first-order valence-electron chi connectivity index (χ1n) is 30.8. The number of allylic oxidation sites excluding steroid dienone is 4. The van der Waals surface area contributed by atoms with Crippen LogP contribution in [0.2, 0.25) is 0 Å². The van der Waals surface area contributed by atoms with Crippen molar-refractivity contribution in [3.05, 3.63) is 24.3 Å². The van der Waals surface area contributed by atoms with Gasteiger partial charge in [0.15, 0.2) is 6.10 Å². The number of nitrogens with two attached hydrogens (primary N) is 1. The van der Waals surface area contributed by atoms with E-state index in [-0.39, 0.29) is 38.6 Å². The van der Waals surface area contributed by atoms with Crippen molar-refractivity contribution in [2.45, 2.75) is 328 Å². The van der Waals surface area contributed by atoms with E-state index in [0.717, 1.165) is 32.1 Å². The van der Waals surface area contributed by atoms with Crippen LogP contribution in [0.3, 0.4) is 0 Å². The molecule has 9 nitrogen and oxygen atoms in total. The van der Waals surface area contributed by atoms with Crippen LogP contribution in [-0.2, 0) is 32.7 Å². The zero-order chi connectivity index (χ0) is 51.7. The fourth-order valence-electron chi connectivity index (χ4n) is 9.22. The molecule has 0 aliphatic carbocycles. The fraction of sp³-hybridized carbons (Fsp3) is 0.902. The molecule has 0 aromatic heterocycles. The Balaban J connectivity index is 3.86. The van der Waals surface area contributed by atoms with Crippen molar-refractivity contribution in [2.75, 3.05) is 26.4 Å². The second-order valence-electron chi connectivity index (χ2n) is 20.9. The number of esters is 2. The molecule has 10 heteroatoms. The van der Waals surface area contributed by atoms with Crippen molar-refractivity contribution < 1.29 is 37.6 Å². The van der Waals surface area contributed by atoms with Crippen LogP contribution < -0.4 is 5.73 Å². The topological polar surface area (TPSA) is 134 Å². The fourth-order valence-corrected chi connectivity index (χ4v) is 9.98. The molecule has 420 valence electrons. The first kappa shape index (κ1) is 69.5. The minimum absolute atomic E-state index is 0.0557. The third kappa shape index (κ3) is 57.6. The van der Waals surface area contributed by atoms with E-state index in [1.807, 2.05) is 0 Å². The SMILES string of the molecule is CCCCCCCC/C=C\CCCCCCCCCCCC(=O)OCC(COP(=O)(O)OCCN)OC(=O)CCCCCCCCCCCCCCCCCCCCC/C=C\CCCCCCCCCC. The molecule has 0 spiro atoms. The molecule has 0 bridgehead atoms. The number of phosphoric ester groups is 1. The van der Waals surface area contributed by atoms with E-state index in [1.54, 1.807) is 0 Å². The number of hydrogen-bond donors (Lipinski definition) is 2. The monoisotopic (exact) mass is 1020 g/mol. The minimum atomic E-state index is -4.38. The van der Waals surface area contributed by atoms with Gasteiger partial charge in [-0.2, -0.15) is 0 Å². The van der Waals surface area contributed by atoms with E-state index in [4.69, 9.17) is 24.3 Å². The van der Waals surface area contributed by atoms with Gasteiger partial charge < -0.3 is 20.1 Å². The second kappa shape index (κ2) is 57.8. The predicted octanol–water partition coefficient (Wildman–Crippen LogP) is 19.4. The van der Waals surface area contributed by atoms with Gasteiger partial charge in [0.1, 0.15) is 6.61 Å². The Morgan fingerprint density at radius 1 is 0.408 bits per heavy atom. The van der Waals surface area contributed by atoms with Crippen LogP contribution in [0.25, 0.3) is 0 Å². The number of carbonyl (C=O) groups is 2.